The van der Waals surface area contributed by atoms with Gasteiger partial charge in [-0.2, -0.15) is 4.99 Å². The number of ether oxygens (including phenoxy) is 1. The number of amides is 2. The molecule has 0 bridgehead atoms. The maximum Gasteiger partial charge on any atom is 0.344 e. The molecule has 6 N–H and O–H groups in total. The van der Waals surface area contributed by atoms with Crippen molar-refractivity contribution < 1.29 is 9.53 Å². The van der Waals surface area contributed by atoms with E-state index in [1.165, 1.54) is 0 Å². The molecule has 9 nitrogen and oxygen atoms in total. The Morgan fingerprint density at radius 2 is 1.73 bits per heavy atom. The van der Waals surface area contributed by atoms with Crippen molar-refractivity contribution in [2.45, 2.75) is 13.1 Å². The average Bonchev–Trinajstić information content (AvgIpc) is 2.77. The number of benzene rings is 2. The maximum absolute atomic E-state index is 11.5. The van der Waals surface area contributed by atoms with Crippen LogP contribution in [0.4, 0.5) is 10.7 Å². The second kappa shape index (κ2) is 9.87. The summed E-state index contributed by atoms with van der Waals surface area (Å²) in [6.45, 7) is 0.903. The number of hydrogen-bond acceptors (Lipinski definition) is 5. The van der Waals surface area contributed by atoms with Gasteiger partial charge in [-0.15, -0.1) is 0 Å². The van der Waals surface area contributed by atoms with Crippen molar-refractivity contribution in [3.05, 3.63) is 72.1 Å². The van der Waals surface area contributed by atoms with Crippen molar-refractivity contribution >= 4 is 17.9 Å². The van der Waals surface area contributed by atoms with Crippen molar-refractivity contribution in [1.29, 1.82) is 0 Å². The number of urea groups is 1. The van der Waals surface area contributed by atoms with Crippen LogP contribution in [0, 0.1) is 0 Å². The summed E-state index contributed by atoms with van der Waals surface area (Å²) in [5, 5.41) is 5.82. The number of nitrogens with one attached hydrogen (secondary N) is 2. The fourth-order valence-corrected chi connectivity index (χ4v) is 2.69. The van der Waals surface area contributed by atoms with E-state index < -0.39 is 6.03 Å². The van der Waals surface area contributed by atoms with E-state index in [1.807, 2.05) is 48.5 Å². The van der Waals surface area contributed by atoms with E-state index in [9.17, 15) is 4.79 Å². The first-order valence-electron chi connectivity index (χ1n) is 9.19. The Balaban J connectivity index is 1.60. The van der Waals surface area contributed by atoms with Crippen LogP contribution >= 0.6 is 0 Å². The minimum Gasteiger partial charge on any atom is -0.497 e. The second-order valence-electron chi connectivity index (χ2n) is 6.39. The largest absolute Gasteiger partial charge is 0.497 e. The average molecular weight is 405 g/mol. The molecule has 3 aromatic rings. The van der Waals surface area contributed by atoms with Crippen LogP contribution in [0.5, 0.6) is 5.75 Å². The fraction of sp³-hybridized carbons (Fsp3) is 0.143. The minimum atomic E-state index is -0.587. The zero-order chi connectivity index (χ0) is 21.3. The van der Waals surface area contributed by atoms with Crippen LogP contribution in [0.25, 0.3) is 11.1 Å². The highest BCUT2D eigenvalue weighted by molar-refractivity contribution is 5.90. The first kappa shape index (κ1) is 20.6. The molecule has 0 saturated heterocycles. The van der Waals surface area contributed by atoms with Crippen molar-refractivity contribution in [2.24, 2.45) is 16.5 Å². The molecule has 3 rings (SSSR count). The van der Waals surface area contributed by atoms with Gasteiger partial charge in [0, 0.05) is 31.0 Å². The number of nitrogens with zero attached hydrogens (tertiary/aromatic N) is 3. The zero-order valence-electron chi connectivity index (χ0n) is 16.5. The standard InChI is InChI=1S/C21H23N7O2/c1-30-18-7-5-14(6-8-18)10-24-20-25-12-17(13-26-20)16-4-2-3-15(9-16)11-27-21(29)28-19(22)23/h2-9,12-13H,10-11H2,1H3,(H,24,25,26)(H5,22,23,27,28,29). The molecule has 0 aliphatic carbocycles. The van der Waals surface area contributed by atoms with Gasteiger partial charge in [0.05, 0.1) is 7.11 Å². The van der Waals surface area contributed by atoms with Crippen LogP contribution in [0.15, 0.2) is 65.9 Å². The molecular weight excluding hydrogens is 382 g/mol. The van der Waals surface area contributed by atoms with Crippen LogP contribution in [-0.2, 0) is 13.1 Å². The van der Waals surface area contributed by atoms with Gasteiger partial charge in [-0.25, -0.2) is 14.8 Å². The lowest BCUT2D eigenvalue weighted by atomic mass is 10.1. The molecule has 1 heterocycles. The third-order valence-corrected chi connectivity index (χ3v) is 4.20. The van der Waals surface area contributed by atoms with Crippen LogP contribution < -0.4 is 26.8 Å². The van der Waals surface area contributed by atoms with Crippen LogP contribution in [0.2, 0.25) is 0 Å². The predicted octanol–water partition coefficient (Wildman–Crippen LogP) is 2.25. The van der Waals surface area contributed by atoms with E-state index in [-0.39, 0.29) is 5.96 Å². The Kier molecular flexibility index (Phi) is 6.78. The lowest BCUT2D eigenvalue weighted by molar-refractivity contribution is 0.249. The molecule has 0 saturated carbocycles. The predicted molar refractivity (Wildman–Crippen MR) is 116 cm³/mol. The minimum absolute atomic E-state index is 0.279. The Morgan fingerprint density at radius 1 is 1.00 bits per heavy atom. The first-order chi connectivity index (χ1) is 14.5. The Morgan fingerprint density at radius 3 is 2.40 bits per heavy atom. The Hall–Kier alpha value is -4.14. The molecule has 30 heavy (non-hydrogen) atoms. The number of nitrogens with two attached hydrogens (primary N) is 2. The Labute approximate surface area is 174 Å². The summed E-state index contributed by atoms with van der Waals surface area (Å²) in [5.41, 5.74) is 14.2. The molecule has 0 aliphatic heterocycles. The summed E-state index contributed by atoms with van der Waals surface area (Å²) in [6.07, 6.45) is 3.50. The number of anilines is 1. The van der Waals surface area contributed by atoms with Crippen molar-refractivity contribution in [3.63, 3.8) is 0 Å². The van der Waals surface area contributed by atoms with Gasteiger partial charge in [0.2, 0.25) is 5.95 Å². The summed E-state index contributed by atoms with van der Waals surface area (Å²) >= 11 is 0. The number of guanidine groups is 1. The molecule has 154 valence electrons. The molecule has 0 unspecified atom stereocenters. The fourth-order valence-electron chi connectivity index (χ4n) is 2.69. The number of methoxy groups -OCH3 is 1. The second-order valence-corrected chi connectivity index (χ2v) is 6.39. The number of aliphatic imine (C=N–C) groups is 1. The quantitative estimate of drug-likeness (QED) is 0.349. The molecule has 2 amide bonds. The molecule has 0 atom stereocenters. The van der Waals surface area contributed by atoms with E-state index >= 15 is 0 Å². The van der Waals surface area contributed by atoms with E-state index in [0.717, 1.165) is 28.0 Å². The molecule has 0 spiro atoms. The molecule has 0 radical (unpaired) electrons. The molecule has 1 aromatic heterocycles. The highest BCUT2D eigenvalue weighted by Crippen LogP contribution is 2.20. The third-order valence-electron chi connectivity index (χ3n) is 4.20. The van der Waals surface area contributed by atoms with Gasteiger partial charge in [0.25, 0.3) is 0 Å². The first-order valence-corrected chi connectivity index (χ1v) is 9.19. The molecular formula is C21H23N7O2. The lowest BCUT2D eigenvalue weighted by Crippen LogP contribution is -2.28. The van der Waals surface area contributed by atoms with Gasteiger partial charge in [-0.3, -0.25) is 0 Å². The summed E-state index contributed by atoms with van der Waals surface area (Å²) < 4.78 is 5.16. The van der Waals surface area contributed by atoms with E-state index in [1.54, 1.807) is 19.5 Å². The summed E-state index contributed by atoms with van der Waals surface area (Å²) in [6, 6.07) is 14.9. The van der Waals surface area contributed by atoms with Gasteiger partial charge >= 0.3 is 6.03 Å². The highest BCUT2D eigenvalue weighted by Gasteiger charge is 2.04. The van der Waals surface area contributed by atoms with Crippen LogP contribution in [0.3, 0.4) is 0 Å². The summed E-state index contributed by atoms with van der Waals surface area (Å²) in [7, 11) is 1.64. The normalized spacial score (nSPS) is 10.2. The monoisotopic (exact) mass is 405 g/mol. The SMILES string of the molecule is COc1ccc(CNc2ncc(-c3cccc(CNC(=O)N=C(N)N)c3)cn2)cc1. The number of aromatic nitrogens is 2. The smallest absolute Gasteiger partial charge is 0.344 e. The van der Waals surface area contributed by atoms with Gasteiger partial charge in [-0.1, -0.05) is 30.3 Å². The topological polar surface area (TPSA) is 141 Å². The van der Waals surface area contributed by atoms with E-state index in [0.29, 0.717) is 19.0 Å². The van der Waals surface area contributed by atoms with Gasteiger partial charge in [-0.05, 0) is 34.9 Å². The van der Waals surface area contributed by atoms with Gasteiger partial charge in [0.15, 0.2) is 5.96 Å². The van der Waals surface area contributed by atoms with Gasteiger partial charge < -0.3 is 26.8 Å². The third kappa shape index (κ3) is 5.93. The number of rotatable bonds is 7. The van der Waals surface area contributed by atoms with Crippen molar-refractivity contribution in [1.82, 2.24) is 15.3 Å². The van der Waals surface area contributed by atoms with Crippen molar-refractivity contribution in [2.75, 3.05) is 12.4 Å². The number of hydrogen-bond donors (Lipinski definition) is 4. The summed E-state index contributed by atoms with van der Waals surface area (Å²) in [4.78, 5) is 23.7. The van der Waals surface area contributed by atoms with Crippen LogP contribution in [-0.4, -0.2) is 29.1 Å². The lowest BCUT2D eigenvalue weighted by Gasteiger charge is -2.08. The number of carbonyl (C=O) groups excluding carboxylic acids is 1. The van der Waals surface area contributed by atoms with Crippen LogP contribution in [0.1, 0.15) is 11.1 Å². The maximum atomic E-state index is 11.5. The Bertz CT molecular complexity index is 1010. The van der Waals surface area contributed by atoms with Crippen molar-refractivity contribution in [3.8, 4) is 16.9 Å². The van der Waals surface area contributed by atoms with E-state index in [4.69, 9.17) is 16.2 Å². The van der Waals surface area contributed by atoms with E-state index in [2.05, 4.69) is 25.6 Å². The zero-order valence-corrected chi connectivity index (χ0v) is 16.5. The highest BCUT2D eigenvalue weighted by atomic mass is 16.5. The van der Waals surface area contributed by atoms with Gasteiger partial charge in [0.1, 0.15) is 5.75 Å². The molecule has 9 heteroatoms. The molecule has 2 aromatic carbocycles. The summed E-state index contributed by atoms with van der Waals surface area (Å²) in [5.74, 6) is 1.08. The molecule has 0 aliphatic rings. The number of carbonyl (C=O) groups is 1. The molecule has 0 fully saturated rings.